The van der Waals surface area contributed by atoms with Gasteiger partial charge in [0.2, 0.25) is 0 Å². The largest absolute Gasteiger partial charge is 0.254 e. The maximum absolute atomic E-state index is 4.44. The van der Waals surface area contributed by atoms with Gasteiger partial charge in [0.15, 0.2) is 0 Å². The lowest BCUT2D eigenvalue weighted by Gasteiger charge is -2.01. The first-order valence-electron chi connectivity index (χ1n) is 4.38. The second kappa shape index (κ2) is 4.04. The number of nitrogens with zero attached hydrogens (tertiary/aromatic N) is 1. The molecule has 0 saturated carbocycles. The van der Waals surface area contributed by atoms with E-state index in [9.17, 15) is 0 Å². The van der Waals surface area contributed by atoms with E-state index in [0.29, 0.717) is 0 Å². The highest BCUT2D eigenvalue weighted by Crippen LogP contribution is 2.19. The molecular formula is C12H15N. The molecule has 0 fully saturated rings. The molecule has 0 radical (unpaired) electrons. The summed E-state index contributed by atoms with van der Waals surface area (Å²) < 4.78 is 0. The van der Waals surface area contributed by atoms with Crippen LogP contribution < -0.4 is 0 Å². The minimum absolute atomic E-state index is 0.952. The van der Waals surface area contributed by atoms with Crippen LogP contribution in [0.25, 0.3) is 0 Å². The fraction of sp³-hybridized carbons (Fsp3) is 0.250. The summed E-state index contributed by atoms with van der Waals surface area (Å²) >= 11 is 0. The smallest absolute Gasteiger partial charge is 0.0664 e. The minimum atomic E-state index is 0.952. The van der Waals surface area contributed by atoms with E-state index >= 15 is 0 Å². The molecule has 1 aromatic rings. The summed E-state index contributed by atoms with van der Waals surface area (Å²) in [6.45, 7) is 9.77. The van der Waals surface area contributed by atoms with Crippen LogP contribution in [0.3, 0.4) is 0 Å². The number of benzene rings is 1. The van der Waals surface area contributed by atoms with Gasteiger partial charge in [-0.2, -0.15) is 0 Å². The van der Waals surface area contributed by atoms with E-state index in [4.69, 9.17) is 0 Å². The van der Waals surface area contributed by atoms with Crippen molar-refractivity contribution in [3.63, 3.8) is 0 Å². The third-order valence-corrected chi connectivity index (χ3v) is 1.96. The van der Waals surface area contributed by atoms with E-state index in [1.54, 1.807) is 6.08 Å². The van der Waals surface area contributed by atoms with Crippen LogP contribution in [-0.2, 0) is 0 Å². The van der Waals surface area contributed by atoms with Crippen LogP contribution in [-0.4, -0.2) is 5.71 Å². The molecule has 0 aromatic heterocycles. The Labute approximate surface area is 79.8 Å². The van der Waals surface area contributed by atoms with E-state index < -0.39 is 0 Å². The number of rotatable bonds is 2. The Morgan fingerprint density at radius 3 is 2.69 bits per heavy atom. The van der Waals surface area contributed by atoms with Gasteiger partial charge in [0.1, 0.15) is 0 Å². The van der Waals surface area contributed by atoms with Gasteiger partial charge in [-0.05, 0) is 44.0 Å². The number of hydrogen-bond acceptors (Lipinski definition) is 1. The molecule has 0 N–H and O–H groups in total. The van der Waals surface area contributed by atoms with Gasteiger partial charge in [-0.3, -0.25) is 4.99 Å². The molecule has 1 aromatic carbocycles. The molecule has 0 spiro atoms. The van der Waals surface area contributed by atoms with Gasteiger partial charge in [0, 0.05) is 5.71 Å². The van der Waals surface area contributed by atoms with Gasteiger partial charge in [-0.15, -0.1) is 0 Å². The molecular weight excluding hydrogens is 158 g/mol. The van der Waals surface area contributed by atoms with E-state index in [2.05, 4.69) is 43.6 Å². The van der Waals surface area contributed by atoms with Crippen LogP contribution in [0.15, 0.2) is 35.8 Å². The van der Waals surface area contributed by atoms with Crippen molar-refractivity contribution in [2.24, 2.45) is 4.99 Å². The predicted octanol–water partition coefficient (Wildman–Crippen LogP) is 3.58. The van der Waals surface area contributed by atoms with Crippen LogP contribution in [0, 0.1) is 13.8 Å². The van der Waals surface area contributed by atoms with E-state index in [1.807, 2.05) is 6.92 Å². The minimum Gasteiger partial charge on any atom is -0.254 e. The fourth-order valence-corrected chi connectivity index (χ4v) is 1.08. The Morgan fingerprint density at radius 2 is 2.08 bits per heavy atom. The normalized spacial score (nSPS) is 11.5. The average molecular weight is 173 g/mol. The Bertz CT molecular complexity index is 348. The molecule has 0 aliphatic carbocycles. The summed E-state index contributed by atoms with van der Waals surface area (Å²) in [4.78, 5) is 4.44. The third kappa shape index (κ3) is 2.55. The van der Waals surface area contributed by atoms with Gasteiger partial charge >= 0.3 is 0 Å². The molecule has 0 unspecified atom stereocenters. The molecule has 0 amide bonds. The molecule has 0 heterocycles. The first kappa shape index (κ1) is 9.72. The van der Waals surface area contributed by atoms with Crippen molar-refractivity contribution in [1.29, 1.82) is 0 Å². The zero-order valence-corrected chi connectivity index (χ0v) is 8.46. The molecule has 68 valence electrons. The van der Waals surface area contributed by atoms with Crippen molar-refractivity contribution < 1.29 is 0 Å². The van der Waals surface area contributed by atoms with Crippen molar-refractivity contribution in [2.45, 2.75) is 20.8 Å². The van der Waals surface area contributed by atoms with Crippen molar-refractivity contribution in [1.82, 2.24) is 0 Å². The SMILES string of the molecule is C=C/C(C)=N\c1cc(C)ccc1C. The predicted molar refractivity (Wildman–Crippen MR) is 58.9 cm³/mol. The zero-order chi connectivity index (χ0) is 9.84. The molecule has 1 nitrogen and oxygen atoms in total. The van der Waals surface area contributed by atoms with Crippen molar-refractivity contribution >= 4 is 11.4 Å². The molecule has 0 bridgehead atoms. The summed E-state index contributed by atoms with van der Waals surface area (Å²) in [6, 6.07) is 6.27. The van der Waals surface area contributed by atoms with Crippen LogP contribution in [0.2, 0.25) is 0 Å². The average Bonchev–Trinajstić information content (AvgIpc) is 2.11. The van der Waals surface area contributed by atoms with Gasteiger partial charge in [0.25, 0.3) is 0 Å². The van der Waals surface area contributed by atoms with E-state index in [1.165, 1.54) is 11.1 Å². The quantitative estimate of drug-likeness (QED) is 0.606. The van der Waals surface area contributed by atoms with Crippen LogP contribution in [0.1, 0.15) is 18.1 Å². The van der Waals surface area contributed by atoms with Gasteiger partial charge in [-0.25, -0.2) is 0 Å². The molecule has 0 aliphatic rings. The standard InChI is InChI=1S/C12H15N/c1-5-11(4)13-12-8-9(2)6-7-10(12)3/h5-8H,1H2,2-4H3/b13-11-. The summed E-state index contributed by atoms with van der Waals surface area (Å²) in [5, 5.41) is 0. The lowest BCUT2D eigenvalue weighted by atomic mass is 10.1. The Kier molecular flexibility index (Phi) is 3.02. The van der Waals surface area contributed by atoms with Crippen molar-refractivity contribution in [3.05, 3.63) is 42.0 Å². The highest BCUT2D eigenvalue weighted by Gasteiger charge is 1.95. The van der Waals surface area contributed by atoms with Gasteiger partial charge in [0.05, 0.1) is 5.69 Å². The molecule has 0 aliphatic heterocycles. The summed E-state index contributed by atoms with van der Waals surface area (Å²) in [5.41, 5.74) is 4.43. The molecule has 1 heteroatoms. The monoisotopic (exact) mass is 173 g/mol. The topological polar surface area (TPSA) is 12.4 Å². The van der Waals surface area contributed by atoms with E-state index in [-0.39, 0.29) is 0 Å². The first-order chi connectivity index (χ1) is 6.13. The number of allylic oxidation sites excluding steroid dienone is 1. The lowest BCUT2D eigenvalue weighted by Crippen LogP contribution is -1.84. The maximum atomic E-state index is 4.44. The summed E-state index contributed by atoms with van der Waals surface area (Å²) in [6.07, 6.45) is 1.77. The molecule has 0 atom stereocenters. The zero-order valence-electron chi connectivity index (χ0n) is 8.46. The Morgan fingerprint density at radius 1 is 1.38 bits per heavy atom. The Balaban J connectivity index is 3.13. The highest BCUT2D eigenvalue weighted by atomic mass is 14.7. The fourth-order valence-electron chi connectivity index (χ4n) is 1.08. The first-order valence-corrected chi connectivity index (χ1v) is 4.38. The number of aliphatic imine (C=N–C) groups is 1. The summed E-state index contributed by atoms with van der Waals surface area (Å²) in [7, 11) is 0. The molecule has 13 heavy (non-hydrogen) atoms. The second-order valence-corrected chi connectivity index (χ2v) is 3.25. The lowest BCUT2D eigenvalue weighted by molar-refractivity contribution is 1.35. The van der Waals surface area contributed by atoms with Gasteiger partial charge in [-0.1, -0.05) is 18.7 Å². The van der Waals surface area contributed by atoms with E-state index in [0.717, 1.165) is 11.4 Å². The number of hydrogen-bond donors (Lipinski definition) is 0. The van der Waals surface area contributed by atoms with Crippen molar-refractivity contribution in [2.75, 3.05) is 0 Å². The molecule has 1 rings (SSSR count). The third-order valence-electron chi connectivity index (χ3n) is 1.96. The second-order valence-electron chi connectivity index (χ2n) is 3.25. The maximum Gasteiger partial charge on any atom is 0.0664 e. The van der Waals surface area contributed by atoms with Gasteiger partial charge < -0.3 is 0 Å². The van der Waals surface area contributed by atoms with Crippen LogP contribution in [0.5, 0.6) is 0 Å². The van der Waals surface area contributed by atoms with Crippen LogP contribution in [0.4, 0.5) is 5.69 Å². The van der Waals surface area contributed by atoms with Crippen LogP contribution >= 0.6 is 0 Å². The highest BCUT2D eigenvalue weighted by molar-refractivity contribution is 5.94. The van der Waals surface area contributed by atoms with Crippen molar-refractivity contribution in [3.8, 4) is 0 Å². The Hall–Kier alpha value is -1.37. The molecule has 0 saturated heterocycles. The summed E-state index contributed by atoms with van der Waals surface area (Å²) in [5.74, 6) is 0. The number of aryl methyl sites for hydroxylation is 2.